The zero-order valence-corrected chi connectivity index (χ0v) is 17.3. The second kappa shape index (κ2) is 9.22. The van der Waals surface area contributed by atoms with Crippen molar-refractivity contribution in [3.8, 4) is 5.75 Å². The van der Waals surface area contributed by atoms with Crippen molar-refractivity contribution >= 4 is 10.1 Å². The first kappa shape index (κ1) is 21.0. The molecule has 0 aromatic heterocycles. The van der Waals surface area contributed by atoms with Crippen LogP contribution in [0.5, 0.6) is 5.75 Å². The van der Waals surface area contributed by atoms with Crippen LogP contribution in [0, 0.1) is 6.92 Å². The minimum Gasteiger partial charge on any atom is -0.387 e. The summed E-state index contributed by atoms with van der Waals surface area (Å²) in [7, 11) is -3.89. The monoisotopic (exact) mass is 411 g/mol. The topological polar surface area (TPSA) is 75.6 Å². The normalized spacial score (nSPS) is 13.6. The lowest BCUT2D eigenvalue weighted by atomic mass is 10.1. The molecule has 6 heteroatoms. The Morgan fingerprint density at radius 3 is 2.14 bits per heavy atom. The van der Waals surface area contributed by atoms with Gasteiger partial charge in [0, 0.05) is 12.6 Å². The van der Waals surface area contributed by atoms with Crippen LogP contribution >= 0.6 is 0 Å². The summed E-state index contributed by atoms with van der Waals surface area (Å²) in [4.78, 5) is 0.103. The molecule has 0 amide bonds. The van der Waals surface area contributed by atoms with Crippen molar-refractivity contribution < 1.29 is 17.7 Å². The van der Waals surface area contributed by atoms with Crippen molar-refractivity contribution in [3.63, 3.8) is 0 Å². The predicted molar refractivity (Wildman–Crippen MR) is 113 cm³/mol. The molecule has 152 valence electrons. The Bertz CT molecular complexity index is 1020. The molecular weight excluding hydrogens is 386 g/mol. The first-order chi connectivity index (χ1) is 13.8. The second-order valence-electron chi connectivity index (χ2n) is 6.98. The minimum atomic E-state index is -3.89. The van der Waals surface area contributed by atoms with E-state index in [1.807, 2.05) is 44.2 Å². The average Bonchev–Trinajstić information content (AvgIpc) is 2.73. The largest absolute Gasteiger partial charge is 0.387 e. The fourth-order valence-electron chi connectivity index (χ4n) is 2.89. The van der Waals surface area contributed by atoms with Gasteiger partial charge in [0.25, 0.3) is 0 Å². The summed E-state index contributed by atoms with van der Waals surface area (Å²) in [6.07, 6.45) is -0.719. The summed E-state index contributed by atoms with van der Waals surface area (Å²) in [6.45, 7) is 4.30. The highest BCUT2D eigenvalue weighted by atomic mass is 32.2. The zero-order chi connectivity index (χ0) is 20.9. The number of hydrogen-bond acceptors (Lipinski definition) is 5. The van der Waals surface area contributed by atoms with Gasteiger partial charge in [-0.05, 0) is 49.2 Å². The molecule has 0 aliphatic heterocycles. The SMILES string of the molecule is Cc1ccc(S(=O)(=O)Oc2ccc([C@@H](O)CN[C@@H](C)c3ccccc3)cc2)cc1. The molecule has 0 fully saturated rings. The molecule has 3 aromatic rings. The van der Waals surface area contributed by atoms with Crippen molar-refractivity contribution in [2.45, 2.75) is 30.9 Å². The molecule has 2 N–H and O–H groups in total. The number of rotatable bonds is 8. The maximum absolute atomic E-state index is 12.4. The first-order valence-corrected chi connectivity index (χ1v) is 10.8. The van der Waals surface area contributed by atoms with Crippen LogP contribution in [0.1, 0.15) is 35.8 Å². The fraction of sp³-hybridized carbons (Fsp3) is 0.217. The van der Waals surface area contributed by atoms with Gasteiger partial charge >= 0.3 is 10.1 Å². The Kier molecular flexibility index (Phi) is 6.69. The van der Waals surface area contributed by atoms with Gasteiger partial charge in [0.15, 0.2) is 0 Å². The van der Waals surface area contributed by atoms with Crippen molar-refractivity contribution in [1.82, 2.24) is 5.32 Å². The summed E-state index contributed by atoms with van der Waals surface area (Å²) in [5, 5.41) is 13.7. The Morgan fingerprint density at radius 2 is 1.52 bits per heavy atom. The molecule has 0 spiro atoms. The molecule has 0 aliphatic carbocycles. The molecule has 3 rings (SSSR count). The van der Waals surface area contributed by atoms with Gasteiger partial charge in [0.2, 0.25) is 0 Å². The molecule has 5 nitrogen and oxygen atoms in total. The van der Waals surface area contributed by atoms with Crippen LogP contribution in [0.15, 0.2) is 83.8 Å². The molecule has 0 bridgehead atoms. The third kappa shape index (κ3) is 5.67. The quantitative estimate of drug-likeness (QED) is 0.545. The Morgan fingerprint density at radius 1 is 0.897 bits per heavy atom. The van der Waals surface area contributed by atoms with E-state index in [2.05, 4.69) is 5.32 Å². The van der Waals surface area contributed by atoms with Crippen LogP contribution in [-0.4, -0.2) is 20.1 Å². The van der Waals surface area contributed by atoms with Crippen LogP contribution < -0.4 is 9.50 Å². The van der Waals surface area contributed by atoms with E-state index in [0.717, 1.165) is 11.1 Å². The molecule has 0 aliphatic rings. The molecule has 29 heavy (non-hydrogen) atoms. The van der Waals surface area contributed by atoms with Gasteiger partial charge < -0.3 is 14.6 Å². The first-order valence-electron chi connectivity index (χ1n) is 9.43. The van der Waals surface area contributed by atoms with Gasteiger partial charge in [0.1, 0.15) is 10.6 Å². The van der Waals surface area contributed by atoms with E-state index in [9.17, 15) is 13.5 Å². The number of aliphatic hydroxyl groups is 1. The highest BCUT2D eigenvalue weighted by molar-refractivity contribution is 7.87. The van der Waals surface area contributed by atoms with Gasteiger partial charge in [-0.2, -0.15) is 8.42 Å². The maximum Gasteiger partial charge on any atom is 0.339 e. The molecule has 0 unspecified atom stereocenters. The summed E-state index contributed by atoms with van der Waals surface area (Å²) in [5.41, 5.74) is 2.79. The van der Waals surface area contributed by atoms with Crippen LogP contribution in [-0.2, 0) is 10.1 Å². The highest BCUT2D eigenvalue weighted by Gasteiger charge is 2.17. The van der Waals surface area contributed by atoms with Crippen molar-refractivity contribution in [3.05, 3.63) is 95.6 Å². The third-order valence-corrected chi connectivity index (χ3v) is 5.96. The van der Waals surface area contributed by atoms with E-state index < -0.39 is 16.2 Å². The molecule has 0 radical (unpaired) electrons. The third-order valence-electron chi connectivity index (χ3n) is 4.70. The fourth-order valence-corrected chi connectivity index (χ4v) is 3.82. The Hall–Kier alpha value is -2.67. The van der Waals surface area contributed by atoms with E-state index in [1.54, 1.807) is 36.4 Å². The average molecular weight is 412 g/mol. The lowest BCUT2D eigenvalue weighted by molar-refractivity contribution is 0.171. The lowest BCUT2D eigenvalue weighted by Gasteiger charge is -2.18. The van der Waals surface area contributed by atoms with Gasteiger partial charge in [-0.3, -0.25) is 0 Å². The summed E-state index contributed by atoms with van der Waals surface area (Å²) >= 11 is 0. The van der Waals surface area contributed by atoms with Crippen LogP contribution in [0.4, 0.5) is 0 Å². The van der Waals surface area contributed by atoms with E-state index >= 15 is 0 Å². The highest BCUT2D eigenvalue weighted by Crippen LogP contribution is 2.22. The molecule has 0 heterocycles. The van der Waals surface area contributed by atoms with Gasteiger partial charge in [-0.15, -0.1) is 0 Å². The van der Waals surface area contributed by atoms with Crippen molar-refractivity contribution in [2.75, 3.05) is 6.54 Å². The van der Waals surface area contributed by atoms with Crippen LogP contribution in [0.3, 0.4) is 0 Å². The number of hydrogen-bond donors (Lipinski definition) is 2. The number of aryl methyl sites for hydroxylation is 1. The van der Waals surface area contributed by atoms with E-state index in [1.165, 1.54) is 12.1 Å². The molecule has 0 saturated carbocycles. The summed E-state index contributed by atoms with van der Waals surface area (Å²) in [6, 6.07) is 23.0. The van der Waals surface area contributed by atoms with Crippen molar-refractivity contribution in [1.29, 1.82) is 0 Å². The van der Waals surface area contributed by atoms with Crippen LogP contribution in [0.2, 0.25) is 0 Å². The molecule has 3 aromatic carbocycles. The summed E-state index contributed by atoms with van der Waals surface area (Å²) < 4.78 is 29.9. The smallest absolute Gasteiger partial charge is 0.339 e. The minimum absolute atomic E-state index is 0.103. The van der Waals surface area contributed by atoms with E-state index in [0.29, 0.717) is 12.1 Å². The maximum atomic E-state index is 12.4. The standard InChI is InChI=1S/C23H25NO4S/c1-17-8-14-22(15-9-17)29(26,27)28-21-12-10-20(11-13-21)23(25)16-24-18(2)19-6-4-3-5-7-19/h3-15,18,23-25H,16H2,1-2H3/t18-,23-/m0/s1. The van der Waals surface area contributed by atoms with E-state index in [-0.39, 0.29) is 16.7 Å². The Labute approximate surface area is 172 Å². The molecular formula is C23H25NO4S. The predicted octanol–water partition coefficient (Wildman–Crippen LogP) is 4.15. The van der Waals surface area contributed by atoms with Gasteiger partial charge in [0.05, 0.1) is 6.10 Å². The van der Waals surface area contributed by atoms with E-state index in [4.69, 9.17) is 4.18 Å². The number of nitrogens with one attached hydrogen (secondary N) is 1. The van der Waals surface area contributed by atoms with Gasteiger partial charge in [-0.1, -0.05) is 60.2 Å². The zero-order valence-electron chi connectivity index (χ0n) is 16.4. The lowest BCUT2D eigenvalue weighted by Crippen LogP contribution is -2.24. The Balaban J connectivity index is 1.60. The molecule has 2 atom stereocenters. The van der Waals surface area contributed by atoms with Crippen LogP contribution in [0.25, 0.3) is 0 Å². The number of benzene rings is 3. The summed E-state index contributed by atoms with van der Waals surface area (Å²) in [5.74, 6) is 0.201. The number of aliphatic hydroxyl groups excluding tert-OH is 1. The molecule has 0 saturated heterocycles. The van der Waals surface area contributed by atoms with Gasteiger partial charge in [-0.25, -0.2) is 0 Å². The van der Waals surface area contributed by atoms with Crippen molar-refractivity contribution in [2.24, 2.45) is 0 Å². The second-order valence-corrected chi connectivity index (χ2v) is 8.52.